The van der Waals surface area contributed by atoms with Gasteiger partial charge in [-0.3, -0.25) is 0 Å². The lowest BCUT2D eigenvalue weighted by molar-refractivity contribution is 0.491. The Morgan fingerprint density at radius 3 is 1.78 bits per heavy atom. The predicted molar refractivity (Wildman–Crippen MR) is 95.9 cm³/mol. The van der Waals surface area contributed by atoms with Crippen LogP contribution in [0.2, 0.25) is 0 Å². The summed E-state index contributed by atoms with van der Waals surface area (Å²) in [5.41, 5.74) is 2.68. The maximum absolute atomic E-state index is 11.7. The van der Waals surface area contributed by atoms with Crippen molar-refractivity contribution in [1.82, 2.24) is 4.72 Å². The van der Waals surface area contributed by atoms with E-state index in [9.17, 15) is 8.42 Å². The van der Waals surface area contributed by atoms with E-state index in [1.54, 1.807) is 0 Å². The molecule has 0 aliphatic rings. The quantitative estimate of drug-likeness (QED) is 0.790. The molecule has 122 valence electrons. The van der Waals surface area contributed by atoms with Crippen molar-refractivity contribution in [3.8, 4) is 0 Å². The van der Waals surface area contributed by atoms with Gasteiger partial charge in [0.05, 0.1) is 6.26 Å². The molecule has 3 nitrogen and oxygen atoms in total. The van der Waals surface area contributed by atoms with Crippen molar-refractivity contribution in [3.63, 3.8) is 0 Å². The summed E-state index contributed by atoms with van der Waals surface area (Å²) in [6.07, 6.45) is 1.86. The number of benzene rings is 2. The minimum Gasteiger partial charge on any atom is -0.214 e. The average molecular weight is 329 g/mol. The van der Waals surface area contributed by atoms with Gasteiger partial charge in [0, 0.05) is 12.0 Å². The molecule has 0 aromatic heterocycles. The van der Waals surface area contributed by atoms with Crippen LogP contribution in [-0.4, -0.2) is 21.2 Å². The third-order valence-electron chi connectivity index (χ3n) is 3.89. The van der Waals surface area contributed by atoms with Crippen LogP contribution < -0.4 is 4.72 Å². The standard InChI is InChI=1S/C19H23NO2S/c1-16(2)14-19(15-20-23(3,21)22,17-10-6-4-7-11-17)18-12-8-5-9-13-18/h4-13,20H,1,14-15H2,2-3H3. The fourth-order valence-electron chi connectivity index (χ4n) is 2.92. The van der Waals surface area contributed by atoms with Gasteiger partial charge in [-0.25, -0.2) is 13.1 Å². The molecule has 1 N–H and O–H groups in total. The molecule has 0 radical (unpaired) electrons. The fourth-order valence-corrected chi connectivity index (χ4v) is 3.43. The number of hydrogen-bond acceptors (Lipinski definition) is 2. The van der Waals surface area contributed by atoms with Crippen LogP contribution in [0.15, 0.2) is 72.8 Å². The molecule has 0 heterocycles. The lowest BCUT2D eigenvalue weighted by Crippen LogP contribution is -2.41. The van der Waals surface area contributed by atoms with E-state index < -0.39 is 15.4 Å². The third-order valence-corrected chi connectivity index (χ3v) is 4.56. The summed E-state index contributed by atoms with van der Waals surface area (Å²) in [7, 11) is -3.29. The first-order valence-corrected chi connectivity index (χ1v) is 9.43. The molecular weight excluding hydrogens is 306 g/mol. The lowest BCUT2D eigenvalue weighted by Gasteiger charge is -2.35. The largest absolute Gasteiger partial charge is 0.214 e. The molecule has 0 aliphatic carbocycles. The second kappa shape index (κ2) is 7.11. The summed E-state index contributed by atoms with van der Waals surface area (Å²) in [5, 5.41) is 0. The molecule has 0 saturated carbocycles. The monoisotopic (exact) mass is 329 g/mol. The number of hydrogen-bond donors (Lipinski definition) is 1. The Kier molecular flexibility index (Phi) is 5.39. The number of allylic oxidation sites excluding steroid dienone is 1. The Balaban J connectivity index is 2.60. The van der Waals surface area contributed by atoms with Crippen molar-refractivity contribution in [2.75, 3.05) is 12.8 Å². The van der Waals surface area contributed by atoms with Crippen molar-refractivity contribution in [1.29, 1.82) is 0 Å². The highest BCUT2D eigenvalue weighted by Gasteiger charge is 2.34. The predicted octanol–water partition coefficient (Wildman–Crippen LogP) is 3.49. The van der Waals surface area contributed by atoms with Crippen LogP contribution in [0.4, 0.5) is 0 Å². The molecule has 0 amide bonds. The molecule has 0 spiro atoms. The molecule has 23 heavy (non-hydrogen) atoms. The molecule has 0 aliphatic heterocycles. The van der Waals surface area contributed by atoms with Crippen molar-refractivity contribution < 1.29 is 8.42 Å². The first-order valence-electron chi connectivity index (χ1n) is 7.53. The molecule has 4 heteroatoms. The van der Waals surface area contributed by atoms with Gasteiger partial charge in [-0.15, -0.1) is 6.58 Å². The molecule has 0 atom stereocenters. The van der Waals surface area contributed by atoms with Gasteiger partial charge in [0.25, 0.3) is 0 Å². The smallest absolute Gasteiger partial charge is 0.208 e. The van der Waals surface area contributed by atoms with Crippen molar-refractivity contribution in [2.24, 2.45) is 0 Å². The molecule has 2 aromatic carbocycles. The summed E-state index contributed by atoms with van der Waals surface area (Å²) >= 11 is 0. The van der Waals surface area contributed by atoms with Gasteiger partial charge in [0.1, 0.15) is 0 Å². The van der Waals surface area contributed by atoms with Gasteiger partial charge < -0.3 is 0 Å². The first-order chi connectivity index (χ1) is 10.8. The van der Waals surface area contributed by atoms with Crippen LogP contribution >= 0.6 is 0 Å². The van der Waals surface area contributed by atoms with Crippen LogP contribution in [0.1, 0.15) is 24.5 Å². The number of rotatable bonds is 7. The van der Waals surface area contributed by atoms with Crippen molar-refractivity contribution in [3.05, 3.63) is 83.9 Å². The van der Waals surface area contributed by atoms with Gasteiger partial charge in [-0.2, -0.15) is 0 Å². The van der Waals surface area contributed by atoms with Crippen molar-refractivity contribution in [2.45, 2.75) is 18.8 Å². The Bertz CT molecular complexity index is 713. The minimum absolute atomic E-state index is 0.298. The Hall–Kier alpha value is -1.91. The summed E-state index contributed by atoms with van der Waals surface area (Å²) in [4.78, 5) is 0. The van der Waals surface area contributed by atoms with E-state index in [1.807, 2.05) is 67.6 Å². The van der Waals surface area contributed by atoms with E-state index in [0.717, 1.165) is 16.7 Å². The van der Waals surface area contributed by atoms with Crippen LogP contribution in [0.5, 0.6) is 0 Å². The van der Waals surface area contributed by atoms with Gasteiger partial charge in [-0.05, 0) is 24.5 Å². The zero-order chi connectivity index (χ0) is 16.9. The van der Waals surface area contributed by atoms with Crippen LogP contribution in [-0.2, 0) is 15.4 Å². The van der Waals surface area contributed by atoms with E-state index in [1.165, 1.54) is 6.26 Å². The second-order valence-electron chi connectivity index (χ2n) is 6.04. The summed E-state index contributed by atoms with van der Waals surface area (Å²) in [6, 6.07) is 20.0. The van der Waals surface area contributed by atoms with Crippen LogP contribution in [0, 0.1) is 0 Å². The number of sulfonamides is 1. The molecular formula is C19H23NO2S. The van der Waals surface area contributed by atoms with Crippen LogP contribution in [0.25, 0.3) is 0 Å². The van der Waals surface area contributed by atoms with Gasteiger partial charge >= 0.3 is 0 Å². The zero-order valence-corrected chi connectivity index (χ0v) is 14.4. The van der Waals surface area contributed by atoms with E-state index in [-0.39, 0.29) is 0 Å². The minimum atomic E-state index is -3.29. The first kappa shape index (κ1) is 17.4. The maximum atomic E-state index is 11.7. The van der Waals surface area contributed by atoms with E-state index >= 15 is 0 Å². The van der Waals surface area contributed by atoms with Gasteiger partial charge in [-0.1, -0.05) is 66.2 Å². The molecule has 2 rings (SSSR count). The topological polar surface area (TPSA) is 46.2 Å². The van der Waals surface area contributed by atoms with Crippen molar-refractivity contribution >= 4 is 10.0 Å². The summed E-state index contributed by atoms with van der Waals surface area (Å²) < 4.78 is 26.1. The van der Waals surface area contributed by atoms with E-state index in [0.29, 0.717) is 13.0 Å². The molecule has 0 unspecified atom stereocenters. The van der Waals surface area contributed by atoms with Gasteiger partial charge in [0.2, 0.25) is 10.0 Å². The summed E-state index contributed by atoms with van der Waals surface area (Å²) in [6.45, 7) is 6.33. The maximum Gasteiger partial charge on any atom is 0.208 e. The SMILES string of the molecule is C=C(C)CC(CNS(C)(=O)=O)(c1ccccc1)c1ccccc1. The van der Waals surface area contributed by atoms with Gasteiger partial charge in [0.15, 0.2) is 0 Å². The van der Waals surface area contributed by atoms with E-state index in [2.05, 4.69) is 11.3 Å². The Morgan fingerprint density at radius 1 is 1.00 bits per heavy atom. The molecule has 2 aromatic rings. The third kappa shape index (κ3) is 4.53. The highest BCUT2D eigenvalue weighted by molar-refractivity contribution is 7.88. The Morgan fingerprint density at radius 2 is 1.43 bits per heavy atom. The Labute approximate surface area is 139 Å². The second-order valence-corrected chi connectivity index (χ2v) is 7.87. The summed E-state index contributed by atoms with van der Waals surface area (Å²) in [5.74, 6) is 0. The number of nitrogens with one attached hydrogen (secondary N) is 1. The average Bonchev–Trinajstić information content (AvgIpc) is 2.52. The molecule has 0 bridgehead atoms. The van der Waals surface area contributed by atoms with E-state index in [4.69, 9.17) is 0 Å². The lowest BCUT2D eigenvalue weighted by atomic mass is 9.70. The van der Waals surface area contributed by atoms with Crippen LogP contribution in [0.3, 0.4) is 0 Å². The highest BCUT2D eigenvalue weighted by Crippen LogP contribution is 2.37. The highest BCUT2D eigenvalue weighted by atomic mass is 32.2. The molecule has 0 fully saturated rings. The zero-order valence-electron chi connectivity index (χ0n) is 13.6. The molecule has 0 saturated heterocycles. The fraction of sp³-hybridized carbons (Fsp3) is 0.263. The normalized spacial score (nSPS) is 12.1.